The molecular formula is C31H31F9N6O7. The largest absolute Gasteiger partial charge is 0.490 e. The average Bonchev–Trinajstić information content (AvgIpc) is 3.72. The second-order valence-electron chi connectivity index (χ2n) is 10.2. The highest BCUT2D eigenvalue weighted by atomic mass is 19.5. The number of nitrogens with one attached hydrogen (secondary N) is 1. The second kappa shape index (κ2) is 20.8. The molecule has 0 saturated carbocycles. The highest BCUT2D eigenvalue weighted by molar-refractivity contribution is 6.03. The van der Waals surface area contributed by atoms with E-state index in [1.165, 1.54) is 11.1 Å². The van der Waals surface area contributed by atoms with Crippen LogP contribution in [0, 0.1) is 0 Å². The van der Waals surface area contributed by atoms with Crippen LogP contribution in [0.3, 0.4) is 0 Å². The third kappa shape index (κ3) is 15.0. The predicted molar refractivity (Wildman–Crippen MR) is 168 cm³/mol. The summed E-state index contributed by atoms with van der Waals surface area (Å²) in [5.74, 6) is -1.55. The lowest BCUT2D eigenvalue weighted by Crippen LogP contribution is -2.30. The molecule has 1 saturated heterocycles. The highest BCUT2D eigenvalue weighted by Gasteiger charge is 2.58. The van der Waals surface area contributed by atoms with Gasteiger partial charge in [-0.25, -0.2) is 14.3 Å². The molecule has 0 aliphatic carbocycles. The molecule has 1 aliphatic heterocycles. The Hall–Kier alpha value is -5.96. The molecular weight excluding hydrogens is 739 g/mol. The van der Waals surface area contributed by atoms with Crippen molar-refractivity contribution in [3.8, 4) is 0 Å². The number of imidazole rings is 1. The zero-order valence-corrected chi connectivity index (χ0v) is 27.2. The van der Waals surface area contributed by atoms with Crippen LogP contribution in [0.5, 0.6) is 0 Å². The first-order chi connectivity index (χ1) is 24.7. The number of carbonyl (C=O) groups excluding carboxylic acids is 1. The number of carboxylic acids is 1. The third-order valence-corrected chi connectivity index (χ3v) is 6.48. The summed E-state index contributed by atoms with van der Waals surface area (Å²) in [4.78, 5) is 49.4. The summed E-state index contributed by atoms with van der Waals surface area (Å²) in [6.07, 6.45) is -7.43. The van der Waals surface area contributed by atoms with E-state index in [1.807, 2.05) is 48.7 Å². The number of aryl methyl sites for hydroxylation is 1. The Balaban J connectivity index is 0.000000551. The first-order valence-corrected chi connectivity index (χ1v) is 14.8. The molecule has 5 rings (SSSR count). The van der Waals surface area contributed by atoms with Gasteiger partial charge in [-0.2, -0.15) is 39.5 Å². The maximum absolute atomic E-state index is 12.6. The van der Waals surface area contributed by atoms with Crippen LogP contribution in [0.15, 0.2) is 67.1 Å². The highest BCUT2D eigenvalue weighted by Crippen LogP contribution is 2.36. The summed E-state index contributed by atoms with van der Waals surface area (Å²) >= 11 is 0. The van der Waals surface area contributed by atoms with Crippen LogP contribution in [0.4, 0.5) is 51.1 Å². The minimum atomic E-state index is -6.06. The molecule has 1 amide bonds. The molecule has 1 aromatic carbocycles. The summed E-state index contributed by atoms with van der Waals surface area (Å²) in [6, 6.07) is 16.0. The van der Waals surface area contributed by atoms with Gasteiger partial charge in [-0.05, 0) is 60.7 Å². The van der Waals surface area contributed by atoms with Crippen LogP contribution < -0.4 is 10.2 Å². The van der Waals surface area contributed by atoms with E-state index in [9.17, 15) is 44.3 Å². The predicted octanol–water partition coefficient (Wildman–Crippen LogP) is 6.82. The van der Waals surface area contributed by atoms with Crippen molar-refractivity contribution in [3.63, 3.8) is 0 Å². The summed E-state index contributed by atoms with van der Waals surface area (Å²) < 4.78 is 96.1. The number of alkyl halides is 9. The summed E-state index contributed by atoms with van der Waals surface area (Å²) in [6.45, 7) is 2.59. The maximum atomic E-state index is 12.6. The standard InChI is InChI=1S/C25H26N6O.C2F6.C2HF3O2.2CH2O2/c1-2-5-18-8-10-19(11-9-18)25(32)28-22-17-31-23(27-22)12-13-24(29-31)30-15-4-7-21(30)20-6-3-14-26-16-20;3-1(4,5)2(6,7)8;3-2(4,5)1(6)7;2*2-1-3/h3,6,8-14,16-17,21H,2,4-5,7,15H2,1H3,(H,28,32);;(H,6,7);2*1H,(H,2,3). The van der Waals surface area contributed by atoms with Gasteiger partial charge in [-0.3, -0.25) is 19.4 Å². The quantitative estimate of drug-likeness (QED) is 0.119. The van der Waals surface area contributed by atoms with Crippen molar-refractivity contribution in [1.82, 2.24) is 19.6 Å². The molecule has 22 heteroatoms. The van der Waals surface area contributed by atoms with Gasteiger partial charge < -0.3 is 25.5 Å². The molecule has 1 aliphatic rings. The summed E-state index contributed by atoms with van der Waals surface area (Å²) in [5.41, 5.74) is 3.75. The first kappa shape index (κ1) is 45.1. The number of hydrogen-bond acceptors (Lipinski definition) is 8. The lowest BCUT2D eigenvalue weighted by atomic mass is 10.1. The van der Waals surface area contributed by atoms with Crippen molar-refractivity contribution in [2.75, 3.05) is 16.8 Å². The molecule has 4 heterocycles. The van der Waals surface area contributed by atoms with Gasteiger partial charge in [0.1, 0.15) is 5.82 Å². The second-order valence-corrected chi connectivity index (χ2v) is 10.2. The van der Waals surface area contributed by atoms with E-state index < -0.39 is 24.5 Å². The molecule has 4 N–H and O–H groups in total. The Morgan fingerprint density at radius 1 is 0.925 bits per heavy atom. The topological polar surface area (TPSA) is 187 Å². The number of aromatic nitrogens is 4. The maximum Gasteiger partial charge on any atom is 0.490 e. The number of aliphatic carboxylic acids is 1. The van der Waals surface area contributed by atoms with Crippen LogP contribution in [-0.4, -0.2) is 84.8 Å². The van der Waals surface area contributed by atoms with Gasteiger partial charge in [0.15, 0.2) is 11.5 Å². The van der Waals surface area contributed by atoms with Crippen molar-refractivity contribution >= 4 is 42.1 Å². The van der Waals surface area contributed by atoms with Crippen molar-refractivity contribution < 1.29 is 74.0 Å². The smallest absolute Gasteiger partial charge is 0.483 e. The Kier molecular flexibility index (Phi) is 17.7. The van der Waals surface area contributed by atoms with E-state index in [-0.39, 0.29) is 24.9 Å². The van der Waals surface area contributed by atoms with Gasteiger partial charge in [0.05, 0.1) is 12.2 Å². The van der Waals surface area contributed by atoms with E-state index in [4.69, 9.17) is 34.8 Å². The molecule has 53 heavy (non-hydrogen) atoms. The van der Waals surface area contributed by atoms with Gasteiger partial charge in [-0.1, -0.05) is 31.5 Å². The number of fused-ring (bicyclic) bond motifs is 1. The summed E-state index contributed by atoms with van der Waals surface area (Å²) in [7, 11) is 0. The lowest BCUT2D eigenvalue weighted by Gasteiger charge is -2.25. The van der Waals surface area contributed by atoms with Crippen molar-refractivity contribution in [2.45, 2.75) is 57.2 Å². The number of pyridine rings is 1. The first-order valence-electron chi connectivity index (χ1n) is 14.8. The van der Waals surface area contributed by atoms with Crippen LogP contribution in [-0.2, 0) is 20.8 Å². The third-order valence-electron chi connectivity index (χ3n) is 6.48. The average molecular weight is 771 g/mol. The fourth-order valence-electron chi connectivity index (χ4n) is 4.35. The number of carbonyl (C=O) groups is 4. The monoisotopic (exact) mass is 770 g/mol. The van der Waals surface area contributed by atoms with E-state index >= 15 is 0 Å². The number of amides is 1. The Morgan fingerprint density at radius 2 is 1.49 bits per heavy atom. The van der Waals surface area contributed by atoms with E-state index in [0.717, 1.165) is 38.0 Å². The number of benzene rings is 1. The minimum absolute atomic E-state index is 0.173. The zero-order valence-electron chi connectivity index (χ0n) is 27.2. The van der Waals surface area contributed by atoms with Crippen LogP contribution in [0.1, 0.15) is 53.7 Å². The van der Waals surface area contributed by atoms with Gasteiger partial charge >= 0.3 is 24.5 Å². The number of anilines is 2. The molecule has 4 aromatic rings. The summed E-state index contributed by atoms with van der Waals surface area (Å²) in [5, 5.41) is 28.6. The van der Waals surface area contributed by atoms with Crippen molar-refractivity contribution in [3.05, 3.63) is 83.8 Å². The molecule has 1 fully saturated rings. The van der Waals surface area contributed by atoms with Crippen LogP contribution >= 0.6 is 0 Å². The SMILES string of the molecule is CCCc1ccc(C(=O)Nc2cn3nc(N4CCCC4c4cccnc4)ccc3n2)cc1.FC(F)(F)C(F)(F)F.O=C(O)C(F)(F)F.O=CO.O=CO. The molecule has 1 atom stereocenters. The molecule has 0 spiro atoms. The minimum Gasteiger partial charge on any atom is -0.483 e. The lowest BCUT2D eigenvalue weighted by molar-refractivity contribution is -0.339. The molecule has 3 aromatic heterocycles. The number of carboxylic acid groups (broad SMARTS) is 3. The number of hydrogen-bond donors (Lipinski definition) is 4. The number of rotatable bonds is 6. The van der Waals surface area contributed by atoms with Crippen LogP contribution in [0.25, 0.3) is 5.65 Å². The Morgan fingerprint density at radius 3 is 1.96 bits per heavy atom. The fraction of sp³-hybridized carbons (Fsp3) is 0.323. The fourth-order valence-corrected chi connectivity index (χ4v) is 4.35. The van der Waals surface area contributed by atoms with Crippen LogP contribution in [0.2, 0.25) is 0 Å². The molecule has 290 valence electrons. The molecule has 13 nitrogen and oxygen atoms in total. The van der Waals surface area contributed by atoms with Gasteiger partial charge in [-0.15, -0.1) is 5.10 Å². The molecule has 0 radical (unpaired) electrons. The van der Waals surface area contributed by atoms with Crippen molar-refractivity contribution in [2.24, 2.45) is 0 Å². The van der Waals surface area contributed by atoms with E-state index in [1.54, 1.807) is 16.9 Å². The van der Waals surface area contributed by atoms with Gasteiger partial charge in [0.25, 0.3) is 18.9 Å². The number of nitrogens with zero attached hydrogens (tertiary/aromatic N) is 5. The Bertz CT molecular complexity index is 1720. The molecule has 0 bridgehead atoms. The van der Waals surface area contributed by atoms with E-state index in [0.29, 0.717) is 17.0 Å². The normalized spacial score (nSPS) is 13.7. The molecule has 1 unspecified atom stereocenters. The van der Waals surface area contributed by atoms with Crippen molar-refractivity contribution in [1.29, 1.82) is 0 Å². The van der Waals surface area contributed by atoms with E-state index in [2.05, 4.69) is 33.2 Å². The zero-order chi connectivity index (χ0) is 40.4. The van der Waals surface area contributed by atoms with Gasteiger partial charge in [0, 0.05) is 24.5 Å². The number of halogens is 9. The van der Waals surface area contributed by atoms with Gasteiger partial charge in [0.2, 0.25) is 0 Å². The Labute approximate surface area is 293 Å².